The van der Waals surface area contributed by atoms with Gasteiger partial charge in [-0.3, -0.25) is 9.80 Å². The molecule has 0 unspecified atom stereocenters. The Kier molecular flexibility index (Phi) is 11.1. The molecule has 0 saturated carbocycles. The molecule has 7 rings (SSSR count). The summed E-state index contributed by atoms with van der Waals surface area (Å²) in [4.78, 5) is 31.2. The molecule has 1 amide bonds. The maximum Gasteiger partial charge on any atom is 0.414 e. The predicted octanol–water partition coefficient (Wildman–Crippen LogP) is 7.04. The van der Waals surface area contributed by atoms with E-state index >= 15 is 0 Å². The lowest BCUT2D eigenvalue weighted by Gasteiger charge is -2.44. The molecule has 3 aromatic carbocycles. The van der Waals surface area contributed by atoms with Gasteiger partial charge in [0, 0.05) is 24.1 Å². The van der Waals surface area contributed by atoms with Crippen molar-refractivity contribution in [3.8, 4) is 17.2 Å². The molecule has 1 N–H and O–H groups in total. The van der Waals surface area contributed by atoms with Crippen LogP contribution >= 0.6 is 23.2 Å². The van der Waals surface area contributed by atoms with E-state index in [0.29, 0.717) is 51.1 Å². The molecule has 2 atom stereocenters. The Morgan fingerprint density at radius 1 is 1.00 bits per heavy atom. The summed E-state index contributed by atoms with van der Waals surface area (Å²) in [6.07, 6.45) is 2.87. The van der Waals surface area contributed by atoms with Gasteiger partial charge in [0.1, 0.15) is 28.0 Å². The summed E-state index contributed by atoms with van der Waals surface area (Å²) < 4.78 is 23.5. The summed E-state index contributed by atoms with van der Waals surface area (Å²) in [7, 11) is 3.02. The summed E-state index contributed by atoms with van der Waals surface area (Å²) in [6.45, 7) is 4.64. The Balaban J connectivity index is 1.23. The Labute approximate surface area is 306 Å². The van der Waals surface area contributed by atoms with Crippen LogP contribution in [0.2, 0.25) is 10.0 Å². The molecule has 0 radical (unpaired) electrons. The summed E-state index contributed by atoms with van der Waals surface area (Å²) >= 11 is 12.8. The third kappa shape index (κ3) is 8.11. The van der Waals surface area contributed by atoms with Crippen molar-refractivity contribution in [1.82, 2.24) is 4.90 Å². The fraction of sp³-hybridized carbons (Fsp3) is 0.342. The summed E-state index contributed by atoms with van der Waals surface area (Å²) in [5.41, 5.74) is 3.09. The second kappa shape index (κ2) is 15.7. The van der Waals surface area contributed by atoms with Crippen LogP contribution < -0.4 is 19.1 Å². The van der Waals surface area contributed by atoms with Crippen LogP contribution in [-0.4, -0.2) is 62.0 Å². The van der Waals surface area contributed by atoms with E-state index in [0.717, 1.165) is 31.5 Å². The number of pyridine rings is 1. The SMILES string of the molecule is COc1ccc([C@H](Cc2c(Cl)c[n+]([O-])cc2Cl)OC(=O)c2ccc(CN(C(=O)O[C@H]3CN4CCC3CC4)c3cccc(O)c3C)cc2)cc1OC. The Hall–Kier alpha value is -4.71. The number of phenols is 1. The summed E-state index contributed by atoms with van der Waals surface area (Å²) in [5, 5.41) is 22.6. The number of nitrogens with zero attached hydrogens (tertiary/aromatic N) is 3. The van der Waals surface area contributed by atoms with Gasteiger partial charge in [-0.2, -0.15) is 4.73 Å². The molecular formula is C38H39Cl2N3O8. The Morgan fingerprint density at radius 3 is 2.31 bits per heavy atom. The number of hydrogen-bond acceptors (Lipinski definition) is 9. The molecule has 13 heteroatoms. The van der Waals surface area contributed by atoms with E-state index in [1.165, 1.54) is 31.5 Å². The van der Waals surface area contributed by atoms with Crippen molar-refractivity contribution in [2.45, 2.75) is 44.9 Å². The topological polar surface area (TPSA) is 125 Å². The normalized spacial score (nSPS) is 18.5. The average molecular weight is 737 g/mol. The summed E-state index contributed by atoms with van der Waals surface area (Å²) in [5.74, 6) is 0.705. The molecule has 268 valence electrons. The monoisotopic (exact) mass is 735 g/mol. The lowest BCUT2D eigenvalue weighted by atomic mass is 9.86. The number of phenolic OH excluding ortho intramolecular Hbond substituents is 1. The highest BCUT2D eigenvalue weighted by Gasteiger charge is 2.37. The van der Waals surface area contributed by atoms with E-state index < -0.39 is 18.2 Å². The minimum Gasteiger partial charge on any atom is -0.619 e. The van der Waals surface area contributed by atoms with Gasteiger partial charge in [0.15, 0.2) is 23.9 Å². The van der Waals surface area contributed by atoms with Crippen molar-refractivity contribution in [3.05, 3.63) is 116 Å². The molecule has 1 aromatic heterocycles. The number of fused-ring (bicyclic) bond motifs is 3. The smallest absolute Gasteiger partial charge is 0.414 e. The number of carbonyl (C=O) groups excluding carboxylic acids is 2. The standard InChI is InChI=1S/C38H39Cl2N3O8/c1-23-31(5-4-6-32(23)44)43(38(46)51-36-22-41-15-13-25(36)14-16-41)19-24-7-9-26(10-8-24)37(45)50-34(18-28-29(39)20-42(47)21-30(28)40)27-11-12-33(48-2)35(17-27)49-3/h4-12,17,20-21,25,34,36,44H,13-16,18-19,22H2,1-3H3/t34-,36-/m0/s1. The van der Waals surface area contributed by atoms with Crippen LogP contribution in [-0.2, 0) is 22.4 Å². The first-order valence-corrected chi connectivity index (χ1v) is 17.4. The van der Waals surface area contributed by atoms with Gasteiger partial charge >= 0.3 is 12.1 Å². The number of aromatic hydroxyl groups is 1. The molecule has 3 aliphatic heterocycles. The van der Waals surface area contributed by atoms with Crippen LogP contribution in [0.4, 0.5) is 10.5 Å². The molecular weight excluding hydrogens is 697 g/mol. The first-order valence-electron chi connectivity index (χ1n) is 16.6. The van der Waals surface area contributed by atoms with Gasteiger partial charge < -0.3 is 29.3 Å². The number of rotatable bonds is 11. The van der Waals surface area contributed by atoms with Crippen molar-refractivity contribution >= 4 is 41.0 Å². The van der Waals surface area contributed by atoms with E-state index in [1.807, 2.05) is 0 Å². The third-order valence-electron chi connectivity index (χ3n) is 9.64. The Bertz CT molecular complexity index is 1880. The van der Waals surface area contributed by atoms with Crippen LogP contribution in [0.3, 0.4) is 0 Å². The number of halogens is 2. The first kappa shape index (κ1) is 36.1. The number of piperidine rings is 3. The molecule has 3 aliphatic rings. The van der Waals surface area contributed by atoms with E-state index in [2.05, 4.69) is 4.90 Å². The third-order valence-corrected chi connectivity index (χ3v) is 10.3. The number of ether oxygens (including phenoxy) is 4. The zero-order chi connectivity index (χ0) is 36.2. The number of carbonyl (C=O) groups is 2. The zero-order valence-corrected chi connectivity index (χ0v) is 30.0. The highest BCUT2D eigenvalue weighted by atomic mass is 35.5. The van der Waals surface area contributed by atoms with Gasteiger partial charge in [0.05, 0.1) is 32.0 Å². The van der Waals surface area contributed by atoms with Gasteiger partial charge in [-0.1, -0.05) is 47.5 Å². The molecule has 4 aromatic rings. The lowest BCUT2D eigenvalue weighted by molar-refractivity contribution is -0.605. The lowest BCUT2D eigenvalue weighted by Crippen LogP contribution is -2.53. The largest absolute Gasteiger partial charge is 0.619 e. The van der Waals surface area contributed by atoms with Gasteiger partial charge in [0.2, 0.25) is 0 Å². The minimum atomic E-state index is -0.875. The maximum absolute atomic E-state index is 13.8. The fourth-order valence-corrected chi connectivity index (χ4v) is 7.31. The fourth-order valence-electron chi connectivity index (χ4n) is 6.71. The van der Waals surface area contributed by atoms with Crippen LogP contribution in [0.1, 0.15) is 51.6 Å². The zero-order valence-electron chi connectivity index (χ0n) is 28.5. The number of anilines is 1. The average Bonchev–Trinajstić information content (AvgIpc) is 3.13. The molecule has 51 heavy (non-hydrogen) atoms. The van der Waals surface area contributed by atoms with Crippen LogP contribution in [0.5, 0.6) is 17.2 Å². The number of benzene rings is 3. The van der Waals surface area contributed by atoms with Gasteiger partial charge in [0.25, 0.3) is 0 Å². The van der Waals surface area contributed by atoms with Crippen LogP contribution in [0, 0.1) is 18.0 Å². The van der Waals surface area contributed by atoms with Crippen LogP contribution in [0.25, 0.3) is 0 Å². The van der Waals surface area contributed by atoms with Gasteiger partial charge in [-0.15, -0.1) is 0 Å². The van der Waals surface area contributed by atoms with E-state index in [-0.39, 0.29) is 40.4 Å². The van der Waals surface area contributed by atoms with Crippen molar-refractivity contribution in [3.63, 3.8) is 0 Å². The molecule has 0 aliphatic carbocycles. The molecule has 3 fully saturated rings. The number of aromatic nitrogens is 1. The minimum absolute atomic E-state index is 0.0672. The van der Waals surface area contributed by atoms with Crippen molar-refractivity contribution < 1.29 is 38.4 Å². The number of esters is 1. The second-order valence-electron chi connectivity index (χ2n) is 12.8. The Morgan fingerprint density at radius 2 is 1.69 bits per heavy atom. The maximum atomic E-state index is 13.8. The van der Waals surface area contributed by atoms with Crippen molar-refractivity contribution in [2.75, 3.05) is 38.8 Å². The molecule has 0 spiro atoms. The van der Waals surface area contributed by atoms with Gasteiger partial charge in [-0.05, 0) is 86.3 Å². The number of methoxy groups -OCH3 is 2. The highest BCUT2D eigenvalue weighted by Crippen LogP contribution is 2.36. The highest BCUT2D eigenvalue weighted by molar-refractivity contribution is 6.35. The first-order chi connectivity index (χ1) is 24.5. The summed E-state index contributed by atoms with van der Waals surface area (Å²) in [6, 6.07) is 16.9. The quantitative estimate of drug-likeness (QED) is 0.0982. The van der Waals surface area contributed by atoms with Gasteiger partial charge in [-0.25, -0.2) is 9.59 Å². The second-order valence-corrected chi connectivity index (χ2v) is 13.6. The molecule has 4 heterocycles. The van der Waals surface area contributed by atoms with Crippen molar-refractivity contribution in [2.24, 2.45) is 5.92 Å². The van der Waals surface area contributed by atoms with Crippen LogP contribution in [0.15, 0.2) is 73.1 Å². The number of amides is 1. The van der Waals surface area contributed by atoms with E-state index in [9.17, 15) is 19.9 Å². The van der Waals surface area contributed by atoms with E-state index in [1.54, 1.807) is 67.6 Å². The van der Waals surface area contributed by atoms with E-state index in [4.69, 9.17) is 42.1 Å². The number of hydrogen-bond donors (Lipinski definition) is 1. The molecule has 3 saturated heterocycles. The van der Waals surface area contributed by atoms with Crippen molar-refractivity contribution in [1.29, 1.82) is 0 Å². The molecule has 2 bridgehead atoms. The molecule has 11 nitrogen and oxygen atoms in total. The predicted molar refractivity (Wildman–Crippen MR) is 192 cm³/mol.